The van der Waals surface area contributed by atoms with Crippen LogP contribution in [-0.4, -0.2) is 59.4 Å². The van der Waals surface area contributed by atoms with Crippen LogP contribution in [0.1, 0.15) is 50.8 Å². The van der Waals surface area contributed by atoms with Crippen LogP contribution in [0.15, 0.2) is 67.0 Å². The van der Waals surface area contributed by atoms with Gasteiger partial charge in [0.05, 0.1) is 7.11 Å². The van der Waals surface area contributed by atoms with Gasteiger partial charge in [0.25, 0.3) is 5.91 Å². The summed E-state index contributed by atoms with van der Waals surface area (Å²) in [5, 5.41) is 1.27. The van der Waals surface area contributed by atoms with Crippen LogP contribution < -0.4 is 0 Å². The van der Waals surface area contributed by atoms with Crippen molar-refractivity contribution in [1.29, 1.82) is 0 Å². The zero-order chi connectivity index (χ0) is 26.6. The Morgan fingerprint density at radius 3 is 2.74 bits per heavy atom. The van der Waals surface area contributed by atoms with Crippen molar-refractivity contribution in [2.75, 3.05) is 27.7 Å². The molecule has 4 aromatic rings. The Balaban J connectivity index is 1.40. The number of H-pyrrole nitrogens is 2. The fraction of sp³-hybridized carbons (Fsp3) is 0.290. The highest BCUT2D eigenvalue weighted by atomic mass is 16.5. The Kier molecular flexibility index (Phi) is 7.47. The second-order valence-corrected chi connectivity index (χ2v) is 10.1. The van der Waals surface area contributed by atoms with Gasteiger partial charge >= 0.3 is 5.97 Å². The SMILES string of the molecule is COC(=O)/C=C/c1ccc2c(c1)CCC2N(CCc1c[nH]c2ccccc12)Cc1c[nH]c(C(=O)N(C)C)c1. The molecule has 0 saturated heterocycles. The zero-order valence-corrected chi connectivity index (χ0v) is 22.2. The Labute approximate surface area is 223 Å². The van der Waals surface area contributed by atoms with Crippen LogP contribution in [0, 0.1) is 0 Å². The standard InChI is InChI=1S/C31H34N4O3/c1-34(2)31(37)28-17-22(18-32-28)20-35(15-14-24-19-33-27-7-5-4-6-25(24)27)29-12-10-23-16-21(8-11-26(23)29)9-13-30(36)38-3/h4-9,11,13,16-19,29,32-33H,10,12,14-15,20H2,1-3H3/b13-9+. The first-order valence-electron chi connectivity index (χ1n) is 13.0. The molecule has 1 aliphatic rings. The average Bonchev–Trinajstić information content (AvgIpc) is 3.67. The zero-order valence-electron chi connectivity index (χ0n) is 22.2. The Morgan fingerprint density at radius 2 is 1.92 bits per heavy atom. The molecule has 7 nitrogen and oxygen atoms in total. The van der Waals surface area contributed by atoms with Crippen LogP contribution in [-0.2, 0) is 28.9 Å². The van der Waals surface area contributed by atoms with Crippen molar-refractivity contribution in [3.05, 3.63) is 101 Å². The molecule has 0 radical (unpaired) electrons. The van der Waals surface area contributed by atoms with Crippen LogP contribution >= 0.6 is 0 Å². The maximum absolute atomic E-state index is 12.5. The predicted octanol–water partition coefficient (Wildman–Crippen LogP) is 5.12. The second-order valence-electron chi connectivity index (χ2n) is 10.1. The number of rotatable bonds is 9. The van der Waals surface area contributed by atoms with Crippen molar-refractivity contribution in [3.63, 3.8) is 0 Å². The number of carbonyl (C=O) groups is 2. The lowest BCUT2D eigenvalue weighted by atomic mass is 10.0. The number of benzene rings is 2. The first kappa shape index (κ1) is 25.5. The van der Waals surface area contributed by atoms with Crippen molar-refractivity contribution in [3.8, 4) is 0 Å². The topological polar surface area (TPSA) is 81.4 Å². The number of aromatic amines is 2. The van der Waals surface area contributed by atoms with Crippen LogP contribution in [0.3, 0.4) is 0 Å². The van der Waals surface area contributed by atoms with E-state index in [9.17, 15) is 9.59 Å². The van der Waals surface area contributed by atoms with Crippen molar-refractivity contribution in [2.45, 2.75) is 31.8 Å². The van der Waals surface area contributed by atoms with Gasteiger partial charge in [-0.25, -0.2) is 4.79 Å². The molecule has 1 amide bonds. The van der Waals surface area contributed by atoms with E-state index in [0.717, 1.165) is 49.0 Å². The lowest BCUT2D eigenvalue weighted by Gasteiger charge is -2.29. The van der Waals surface area contributed by atoms with Crippen molar-refractivity contribution >= 4 is 28.9 Å². The van der Waals surface area contributed by atoms with Crippen molar-refractivity contribution in [2.24, 2.45) is 0 Å². The summed E-state index contributed by atoms with van der Waals surface area (Å²) in [6.45, 7) is 1.63. The number of esters is 1. The molecule has 2 N–H and O–H groups in total. The van der Waals surface area contributed by atoms with Gasteiger partial charge in [0.1, 0.15) is 5.69 Å². The van der Waals surface area contributed by atoms with Gasteiger partial charge in [-0.1, -0.05) is 36.4 Å². The molecule has 0 aliphatic heterocycles. The monoisotopic (exact) mass is 510 g/mol. The predicted molar refractivity (Wildman–Crippen MR) is 150 cm³/mol. The fourth-order valence-electron chi connectivity index (χ4n) is 5.41. The van der Waals surface area contributed by atoms with Gasteiger partial charge in [0.2, 0.25) is 0 Å². The minimum atomic E-state index is -0.356. The number of methoxy groups -OCH3 is 1. The van der Waals surface area contributed by atoms with E-state index in [-0.39, 0.29) is 17.9 Å². The second kappa shape index (κ2) is 11.1. The van der Waals surface area contributed by atoms with Crippen molar-refractivity contribution < 1.29 is 14.3 Å². The number of fused-ring (bicyclic) bond motifs is 2. The highest BCUT2D eigenvalue weighted by molar-refractivity contribution is 5.92. The summed E-state index contributed by atoms with van der Waals surface area (Å²) in [6.07, 6.45) is 10.3. The summed E-state index contributed by atoms with van der Waals surface area (Å²) in [5.74, 6) is -0.384. The Morgan fingerprint density at radius 1 is 1.08 bits per heavy atom. The number of aromatic nitrogens is 2. The van der Waals surface area contributed by atoms with Crippen LogP contribution in [0.5, 0.6) is 0 Å². The minimum Gasteiger partial charge on any atom is -0.466 e. The summed E-state index contributed by atoms with van der Waals surface area (Å²) in [7, 11) is 4.91. The number of nitrogens with zero attached hydrogens (tertiary/aromatic N) is 2. The Hall–Kier alpha value is -4.10. The number of hydrogen-bond acceptors (Lipinski definition) is 4. The number of amides is 1. The number of aryl methyl sites for hydroxylation is 1. The van der Waals surface area contributed by atoms with Crippen LogP contribution in [0.25, 0.3) is 17.0 Å². The van der Waals surface area contributed by atoms with Crippen LogP contribution in [0.4, 0.5) is 0 Å². The number of para-hydroxylation sites is 1. The molecular weight excluding hydrogens is 476 g/mol. The lowest BCUT2D eigenvalue weighted by molar-refractivity contribution is -0.134. The number of carbonyl (C=O) groups excluding carboxylic acids is 2. The van der Waals surface area contributed by atoms with E-state index in [1.807, 2.05) is 12.3 Å². The molecule has 2 aromatic carbocycles. The smallest absolute Gasteiger partial charge is 0.330 e. The normalized spacial score (nSPS) is 14.9. The molecule has 2 heterocycles. The maximum Gasteiger partial charge on any atom is 0.330 e. The van der Waals surface area contributed by atoms with Gasteiger partial charge in [-0.15, -0.1) is 0 Å². The molecule has 0 saturated carbocycles. The lowest BCUT2D eigenvalue weighted by Crippen LogP contribution is -2.29. The molecule has 2 aromatic heterocycles. The highest BCUT2D eigenvalue weighted by Crippen LogP contribution is 2.37. The third kappa shape index (κ3) is 5.43. The molecule has 7 heteroatoms. The molecule has 0 fully saturated rings. The summed E-state index contributed by atoms with van der Waals surface area (Å²) in [6, 6.07) is 17.1. The van der Waals surface area contributed by atoms with E-state index < -0.39 is 0 Å². The van der Waals surface area contributed by atoms with Gasteiger partial charge in [0, 0.05) is 62.6 Å². The van der Waals surface area contributed by atoms with E-state index in [4.69, 9.17) is 4.74 Å². The maximum atomic E-state index is 12.5. The van der Waals surface area contributed by atoms with Gasteiger partial charge in [-0.2, -0.15) is 0 Å². The minimum absolute atomic E-state index is 0.0275. The van der Waals surface area contributed by atoms with Gasteiger partial charge < -0.3 is 19.6 Å². The quantitative estimate of drug-likeness (QED) is 0.242. The van der Waals surface area contributed by atoms with E-state index >= 15 is 0 Å². The Bertz CT molecular complexity index is 1480. The first-order valence-corrected chi connectivity index (χ1v) is 13.0. The molecule has 196 valence electrons. The summed E-state index contributed by atoms with van der Waals surface area (Å²) in [4.78, 5) is 34.7. The van der Waals surface area contributed by atoms with Gasteiger partial charge in [0.15, 0.2) is 0 Å². The molecule has 1 aliphatic carbocycles. The molecule has 1 atom stereocenters. The summed E-state index contributed by atoms with van der Waals surface area (Å²) >= 11 is 0. The number of ether oxygens (including phenoxy) is 1. The third-order valence-corrected chi connectivity index (χ3v) is 7.38. The van der Waals surface area contributed by atoms with Crippen LogP contribution in [0.2, 0.25) is 0 Å². The molecule has 0 spiro atoms. The number of nitrogens with one attached hydrogen (secondary N) is 2. The number of hydrogen-bond donors (Lipinski definition) is 2. The van der Waals surface area contributed by atoms with E-state index in [2.05, 4.69) is 63.5 Å². The molecule has 38 heavy (non-hydrogen) atoms. The fourth-order valence-corrected chi connectivity index (χ4v) is 5.41. The van der Waals surface area contributed by atoms with Gasteiger partial charge in [-0.3, -0.25) is 9.69 Å². The molecule has 5 rings (SSSR count). The molecule has 0 bridgehead atoms. The van der Waals surface area contributed by atoms with E-state index in [0.29, 0.717) is 5.69 Å². The third-order valence-electron chi connectivity index (χ3n) is 7.38. The molecule has 1 unspecified atom stereocenters. The van der Waals surface area contributed by atoms with Crippen molar-refractivity contribution in [1.82, 2.24) is 19.8 Å². The highest BCUT2D eigenvalue weighted by Gasteiger charge is 2.28. The molecular formula is C31H34N4O3. The van der Waals surface area contributed by atoms with E-state index in [1.54, 1.807) is 25.1 Å². The van der Waals surface area contributed by atoms with E-state index in [1.165, 1.54) is 35.3 Å². The average molecular weight is 511 g/mol. The first-order chi connectivity index (χ1) is 18.4. The van der Waals surface area contributed by atoms with Gasteiger partial charge in [-0.05, 0) is 65.3 Å². The summed E-state index contributed by atoms with van der Waals surface area (Å²) in [5.41, 5.74) is 7.82. The summed E-state index contributed by atoms with van der Waals surface area (Å²) < 4.78 is 4.72. The largest absolute Gasteiger partial charge is 0.466 e.